The Hall–Kier alpha value is -7.36. The topological polar surface area (TPSA) is 29.5 Å². The summed E-state index contributed by atoms with van der Waals surface area (Å²) in [5, 5.41) is 6.76. The first-order valence-corrected chi connectivity index (χ1v) is 18.7. The van der Waals surface area contributed by atoms with Crippen molar-refractivity contribution in [1.29, 1.82) is 0 Å². The van der Waals surface area contributed by atoms with Crippen LogP contribution in [-0.4, -0.2) is 0 Å². The third-order valence-electron chi connectivity index (χ3n) is 10.9. The molecule has 11 aromatic rings. The molecular weight excluding hydrogens is 671 g/mol. The summed E-state index contributed by atoms with van der Waals surface area (Å²) in [4.78, 5) is 2.44. The molecule has 0 unspecified atom stereocenters. The van der Waals surface area contributed by atoms with Crippen molar-refractivity contribution in [2.24, 2.45) is 0 Å². The van der Waals surface area contributed by atoms with Crippen LogP contribution in [0.2, 0.25) is 0 Å². The third kappa shape index (κ3) is 4.98. The van der Waals surface area contributed by atoms with Crippen molar-refractivity contribution in [3.63, 3.8) is 0 Å². The summed E-state index contributed by atoms with van der Waals surface area (Å²) in [5.41, 5.74) is 13.5. The molecule has 0 aliphatic carbocycles. The normalized spacial score (nSPS) is 11.6. The van der Waals surface area contributed by atoms with Gasteiger partial charge in [0.05, 0.1) is 22.4 Å². The van der Waals surface area contributed by atoms with E-state index in [1.807, 2.05) is 18.2 Å². The van der Waals surface area contributed by atoms with E-state index in [-0.39, 0.29) is 0 Å². The Labute approximate surface area is 317 Å². The highest BCUT2D eigenvalue weighted by molar-refractivity contribution is 6.17. The molecule has 258 valence electrons. The molecule has 0 N–H and O–H groups in total. The van der Waals surface area contributed by atoms with Gasteiger partial charge in [-0.05, 0) is 75.5 Å². The SMILES string of the molecule is c1ccc(-c2cccc3cccc(-c4ccccc4N(c4ccccc4-c4cccc5oc6ccccc6c45)c4cccc5oc6ccccc6c45)c23)cc1. The molecule has 0 saturated carbocycles. The first-order chi connectivity index (χ1) is 27.3. The third-order valence-corrected chi connectivity index (χ3v) is 10.9. The van der Waals surface area contributed by atoms with Crippen molar-refractivity contribution in [1.82, 2.24) is 0 Å². The van der Waals surface area contributed by atoms with Crippen molar-refractivity contribution in [2.45, 2.75) is 0 Å². The van der Waals surface area contributed by atoms with E-state index >= 15 is 0 Å². The van der Waals surface area contributed by atoms with Crippen LogP contribution in [0, 0.1) is 0 Å². The molecule has 2 heterocycles. The number of furan rings is 2. The molecule has 0 bridgehead atoms. The van der Waals surface area contributed by atoms with Gasteiger partial charge in [0.25, 0.3) is 0 Å². The van der Waals surface area contributed by atoms with E-state index in [0.717, 1.165) is 77.6 Å². The van der Waals surface area contributed by atoms with Crippen LogP contribution >= 0.6 is 0 Å². The average molecular weight is 704 g/mol. The fraction of sp³-hybridized carbons (Fsp3) is 0. The highest BCUT2D eigenvalue weighted by Crippen LogP contribution is 2.51. The monoisotopic (exact) mass is 703 g/mol. The van der Waals surface area contributed by atoms with Crippen molar-refractivity contribution in [2.75, 3.05) is 4.90 Å². The van der Waals surface area contributed by atoms with Gasteiger partial charge in [-0.2, -0.15) is 0 Å². The molecule has 9 aromatic carbocycles. The van der Waals surface area contributed by atoms with Crippen LogP contribution in [0.25, 0.3) is 88.0 Å². The molecule has 0 saturated heterocycles. The lowest BCUT2D eigenvalue weighted by Crippen LogP contribution is -2.13. The van der Waals surface area contributed by atoms with Gasteiger partial charge in [-0.1, -0.05) is 158 Å². The van der Waals surface area contributed by atoms with E-state index in [1.54, 1.807) is 0 Å². The smallest absolute Gasteiger partial charge is 0.137 e. The van der Waals surface area contributed by atoms with Gasteiger partial charge in [-0.3, -0.25) is 0 Å². The second-order valence-electron chi connectivity index (χ2n) is 14.0. The number of benzene rings is 9. The van der Waals surface area contributed by atoms with Crippen LogP contribution in [0.3, 0.4) is 0 Å². The summed E-state index contributed by atoms with van der Waals surface area (Å²) < 4.78 is 12.9. The molecule has 0 amide bonds. The highest BCUT2D eigenvalue weighted by Gasteiger charge is 2.26. The summed E-state index contributed by atoms with van der Waals surface area (Å²) >= 11 is 0. The number of anilines is 3. The van der Waals surface area contributed by atoms with Crippen LogP contribution in [0.4, 0.5) is 17.1 Å². The molecule has 0 aliphatic rings. The predicted molar refractivity (Wildman–Crippen MR) is 229 cm³/mol. The Kier molecular flexibility index (Phi) is 7.17. The van der Waals surface area contributed by atoms with Gasteiger partial charge in [0.1, 0.15) is 22.3 Å². The summed E-state index contributed by atoms with van der Waals surface area (Å²) in [7, 11) is 0. The average Bonchev–Trinajstić information content (AvgIpc) is 3.83. The van der Waals surface area contributed by atoms with Crippen LogP contribution in [0.1, 0.15) is 0 Å². The Balaban J connectivity index is 1.25. The van der Waals surface area contributed by atoms with Gasteiger partial charge in [0.2, 0.25) is 0 Å². The quantitative estimate of drug-likeness (QED) is 0.173. The van der Waals surface area contributed by atoms with Gasteiger partial charge in [-0.25, -0.2) is 0 Å². The Morgan fingerprint density at radius 2 is 0.709 bits per heavy atom. The van der Waals surface area contributed by atoms with E-state index in [2.05, 4.69) is 187 Å². The van der Waals surface area contributed by atoms with E-state index in [0.29, 0.717) is 0 Å². The molecule has 11 rings (SSSR count). The summed E-state index contributed by atoms with van der Waals surface area (Å²) in [6.45, 7) is 0. The second-order valence-corrected chi connectivity index (χ2v) is 14.0. The number of nitrogens with zero attached hydrogens (tertiary/aromatic N) is 1. The minimum Gasteiger partial charge on any atom is -0.456 e. The van der Waals surface area contributed by atoms with Crippen molar-refractivity contribution >= 4 is 71.7 Å². The molecule has 55 heavy (non-hydrogen) atoms. The summed E-state index contributed by atoms with van der Waals surface area (Å²) in [6.07, 6.45) is 0. The lowest BCUT2D eigenvalue weighted by molar-refractivity contribution is 0.668. The van der Waals surface area contributed by atoms with E-state index in [9.17, 15) is 0 Å². The van der Waals surface area contributed by atoms with Crippen molar-refractivity contribution in [3.05, 3.63) is 200 Å². The maximum atomic E-state index is 6.52. The molecule has 0 aliphatic heterocycles. The first-order valence-electron chi connectivity index (χ1n) is 18.7. The molecule has 0 atom stereocenters. The number of rotatable bonds is 6. The van der Waals surface area contributed by atoms with Crippen LogP contribution < -0.4 is 4.90 Å². The maximum Gasteiger partial charge on any atom is 0.137 e. The van der Waals surface area contributed by atoms with Crippen LogP contribution in [0.5, 0.6) is 0 Å². The molecule has 0 fully saturated rings. The first kappa shape index (κ1) is 31.2. The van der Waals surface area contributed by atoms with Crippen molar-refractivity contribution < 1.29 is 8.83 Å². The zero-order valence-corrected chi connectivity index (χ0v) is 29.8. The molecule has 0 radical (unpaired) electrons. The summed E-state index contributed by atoms with van der Waals surface area (Å²) in [6, 6.07) is 71.0. The number of hydrogen-bond donors (Lipinski definition) is 0. The van der Waals surface area contributed by atoms with Gasteiger partial charge in [0, 0.05) is 27.3 Å². The Bertz CT molecular complexity index is 3220. The molecule has 3 nitrogen and oxygen atoms in total. The molecule has 3 heteroatoms. The summed E-state index contributed by atoms with van der Waals surface area (Å²) in [5.74, 6) is 0. The van der Waals surface area contributed by atoms with Crippen molar-refractivity contribution in [3.8, 4) is 33.4 Å². The van der Waals surface area contributed by atoms with Gasteiger partial charge >= 0.3 is 0 Å². The fourth-order valence-corrected chi connectivity index (χ4v) is 8.55. The predicted octanol–water partition coefficient (Wildman–Crippen LogP) is 15.1. The van der Waals surface area contributed by atoms with Crippen LogP contribution in [-0.2, 0) is 0 Å². The maximum absolute atomic E-state index is 6.52. The Morgan fingerprint density at radius 3 is 1.38 bits per heavy atom. The largest absolute Gasteiger partial charge is 0.456 e. The lowest BCUT2D eigenvalue weighted by Gasteiger charge is -2.31. The van der Waals surface area contributed by atoms with E-state index in [1.165, 1.54) is 27.5 Å². The van der Waals surface area contributed by atoms with Crippen LogP contribution in [0.15, 0.2) is 209 Å². The minimum atomic E-state index is 0.845. The molecule has 0 spiro atoms. The highest BCUT2D eigenvalue weighted by atomic mass is 16.3. The fourth-order valence-electron chi connectivity index (χ4n) is 8.55. The number of para-hydroxylation sites is 4. The standard InChI is InChI=1S/C52H33NO2/c1-2-16-34(17-3-1)36-24-12-18-35-19-13-25-39(50(35)36)37-20-4-8-27-43(37)53(45-29-15-33-49-52(45)42-23-7-11-31-47(42)55-49)44-28-9-5-21-38(44)40-26-14-32-48-51(40)41-22-6-10-30-46(41)54-48/h1-33H. The zero-order chi connectivity index (χ0) is 36.3. The number of hydrogen-bond acceptors (Lipinski definition) is 3. The van der Waals surface area contributed by atoms with Gasteiger partial charge in [-0.15, -0.1) is 0 Å². The second kappa shape index (κ2) is 12.6. The van der Waals surface area contributed by atoms with E-state index in [4.69, 9.17) is 8.83 Å². The minimum absolute atomic E-state index is 0.845. The van der Waals surface area contributed by atoms with E-state index < -0.39 is 0 Å². The Morgan fingerprint density at radius 1 is 0.273 bits per heavy atom. The zero-order valence-electron chi connectivity index (χ0n) is 29.8. The van der Waals surface area contributed by atoms with Gasteiger partial charge < -0.3 is 13.7 Å². The lowest BCUT2D eigenvalue weighted by atomic mass is 9.90. The molecular formula is C52H33NO2. The van der Waals surface area contributed by atoms with Gasteiger partial charge in [0.15, 0.2) is 0 Å². The number of fused-ring (bicyclic) bond motifs is 7. The molecule has 2 aromatic heterocycles.